The number of aliphatic imine (C=N–C) groups is 1. The number of carbonyl (C=O) groups excluding carboxylic acids is 2. The fourth-order valence-electron chi connectivity index (χ4n) is 3.43. The van der Waals surface area contributed by atoms with Gasteiger partial charge in [0.1, 0.15) is 5.75 Å². The number of nitrogens with zero attached hydrogens (tertiary/aromatic N) is 2. The molecule has 2 N–H and O–H groups in total. The van der Waals surface area contributed by atoms with E-state index in [-0.39, 0.29) is 5.91 Å². The van der Waals surface area contributed by atoms with Crippen LogP contribution in [0.2, 0.25) is 0 Å². The number of nitrogens with one attached hydrogen (secondary N) is 2. The highest BCUT2D eigenvalue weighted by Gasteiger charge is 2.30. The van der Waals surface area contributed by atoms with Gasteiger partial charge < -0.3 is 20.3 Å². The molecule has 1 aliphatic heterocycles. The quantitative estimate of drug-likeness (QED) is 0.684. The van der Waals surface area contributed by atoms with Gasteiger partial charge in [0.05, 0.1) is 18.5 Å². The van der Waals surface area contributed by atoms with Crippen LogP contribution >= 0.6 is 0 Å². The Labute approximate surface area is 180 Å². The standard InChI is InChI=1S/C24H22N4O3/c1-28-20-14-7-6-13-19(20)21(16-9-4-3-5-10-16)26-22(23(28)29)27-24(30)25-17-11-8-12-18(15-17)31-2/h3-15,22H,1-2H3,(H2,25,27,30)/t22-/m0/s1. The molecule has 0 aliphatic carbocycles. The van der Waals surface area contributed by atoms with Crippen molar-refractivity contribution in [2.45, 2.75) is 6.17 Å². The Kier molecular flexibility index (Phi) is 5.66. The number of fused-ring (bicyclic) bond motifs is 1. The molecule has 156 valence electrons. The minimum atomic E-state index is -1.08. The van der Waals surface area contributed by atoms with E-state index < -0.39 is 12.2 Å². The van der Waals surface area contributed by atoms with E-state index in [1.165, 1.54) is 4.90 Å². The maximum Gasteiger partial charge on any atom is 0.321 e. The van der Waals surface area contributed by atoms with Gasteiger partial charge in [-0.3, -0.25) is 4.79 Å². The number of methoxy groups -OCH3 is 1. The third kappa shape index (κ3) is 4.25. The summed E-state index contributed by atoms with van der Waals surface area (Å²) in [4.78, 5) is 32.0. The van der Waals surface area contributed by atoms with Crippen LogP contribution in [0.4, 0.5) is 16.2 Å². The van der Waals surface area contributed by atoms with Crippen molar-refractivity contribution in [3.63, 3.8) is 0 Å². The average Bonchev–Trinajstić information content (AvgIpc) is 2.90. The van der Waals surface area contributed by atoms with Crippen LogP contribution in [0.1, 0.15) is 11.1 Å². The van der Waals surface area contributed by atoms with Crippen molar-refractivity contribution in [3.05, 3.63) is 90.0 Å². The molecule has 4 rings (SSSR count). The van der Waals surface area contributed by atoms with Crippen molar-refractivity contribution in [1.82, 2.24) is 5.32 Å². The van der Waals surface area contributed by atoms with E-state index in [9.17, 15) is 9.59 Å². The summed E-state index contributed by atoms with van der Waals surface area (Å²) in [7, 11) is 3.23. The second-order valence-electron chi connectivity index (χ2n) is 6.99. The number of para-hydroxylation sites is 1. The van der Waals surface area contributed by atoms with Crippen LogP contribution < -0.4 is 20.3 Å². The fourth-order valence-corrected chi connectivity index (χ4v) is 3.43. The van der Waals surface area contributed by atoms with Crippen molar-refractivity contribution in [3.8, 4) is 5.75 Å². The summed E-state index contributed by atoms with van der Waals surface area (Å²) in [5.41, 5.74) is 3.59. The molecule has 1 aliphatic rings. The lowest BCUT2D eigenvalue weighted by Crippen LogP contribution is -2.47. The lowest BCUT2D eigenvalue weighted by atomic mass is 10.0. The van der Waals surface area contributed by atoms with E-state index in [0.717, 1.165) is 16.8 Å². The van der Waals surface area contributed by atoms with Crippen LogP contribution in [0, 0.1) is 0 Å². The molecule has 0 saturated heterocycles. The largest absolute Gasteiger partial charge is 0.497 e. The van der Waals surface area contributed by atoms with E-state index >= 15 is 0 Å². The molecule has 0 fully saturated rings. The first kappa shape index (κ1) is 20.2. The van der Waals surface area contributed by atoms with Crippen molar-refractivity contribution < 1.29 is 14.3 Å². The molecule has 0 radical (unpaired) electrons. The lowest BCUT2D eigenvalue weighted by molar-refractivity contribution is -0.119. The number of hydrogen-bond donors (Lipinski definition) is 2. The Hall–Kier alpha value is -4.13. The summed E-state index contributed by atoms with van der Waals surface area (Å²) in [6.07, 6.45) is -1.08. The summed E-state index contributed by atoms with van der Waals surface area (Å²) in [5, 5.41) is 5.42. The van der Waals surface area contributed by atoms with E-state index in [1.807, 2.05) is 54.6 Å². The van der Waals surface area contributed by atoms with Gasteiger partial charge in [-0.1, -0.05) is 54.6 Å². The van der Waals surface area contributed by atoms with E-state index in [4.69, 9.17) is 4.74 Å². The number of likely N-dealkylation sites (N-methyl/N-ethyl adjacent to an activating group) is 1. The maximum atomic E-state index is 13.1. The number of urea groups is 1. The number of benzodiazepines with no additional fused rings is 1. The first-order valence-electron chi connectivity index (χ1n) is 9.78. The van der Waals surface area contributed by atoms with Crippen molar-refractivity contribution in [1.29, 1.82) is 0 Å². The zero-order valence-corrected chi connectivity index (χ0v) is 17.2. The Morgan fingerprint density at radius 1 is 1.00 bits per heavy atom. The van der Waals surface area contributed by atoms with Gasteiger partial charge in [0.2, 0.25) is 6.17 Å². The van der Waals surface area contributed by atoms with E-state index in [2.05, 4.69) is 15.6 Å². The third-order valence-corrected chi connectivity index (χ3v) is 4.99. The maximum absolute atomic E-state index is 13.1. The van der Waals surface area contributed by atoms with Gasteiger partial charge in [-0.05, 0) is 18.2 Å². The first-order chi connectivity index (χ1) is 15.1. The molecule has 7 heteroatoms. The molecule has 1 heterocycles. The fraction of sp³-hybridized carbons (Fsp3) is 0.125. The van der Waals surface area contributed by atoms with Gasteiger partial charge in [0.15, 0.2) is 0 Å². The number of ether oxygens (including phenoxy) is 1. The normalized spacial score (nSPS) is 15.4. The molecule has 31 heavy (non-hydrogen) atoms. The van der Waals surface area contributed by atoms with Crippen LogP contribution in [-0.4, -0.2) is 38.0 Å². The van der Waals surface area contributed by atoms with E-state index in [1.54, 1.807) is 38.4 Å². The summed E-state index contributed by atoms with van der Waals surface area (Å²) < 4.78 is 5.18. The Bertz CT molecular complexity index is 1140. The number of carbonyl (C=O) groups is 2. The molecule has 3 aromatic rings. The van der Waals surface area contributed by atoms with Crippen LogP contribution in [-0.2, 0) is 4.79 Å². The van der Waals surface area contributed by atoms with Gasteiger partial charge in [0, 0.05) is 29.9 Å². The number of benzene rings is 3. The molecule has 0 bridgehead atoms. The molecule has 0 spiro atoms. The Balaban J connectivity index is 1.66. The van der Waals surface area contributed by atoms with Gasteiger partial charge in [-0.2, -0.15) is 0 Å². The number of rotatable bonds is 4. The van der Waals surface area contributed by atoms with Crippen LogP contribution in [0.5, 0.6) is 5.75 Å². The second kappa shape index (κ2) is 8.71. The molecule has 0 saturated carbocycles. The molecular weight excluding hydrogens is 392 g/mol. The zero-order valence-electron chi connectivity index (χ0n) is 17.2. The number of hydrogen-bond acceptors (Lipinski definition) is 4. The predicted octanol–water partition coefficient (Wildman–Crippen LogP) is 3.66. The highest BCUT2D eigenvalue weighted by atomic mass is 16.5. The van der Waals surface area contributed by atoms with Crippen LogP contribution in [0.15, 0.2) is 83.9 Å². The minimum absolute atomic E-state index is 0.334. The smallest absolute Gasteiger partial charge is 0.321 e. The van der Waals surface area contributed by atoms with Gasteiger partial charge >= 0.3 is 6.03 Å². The Morgan fingerprint density at radius 2 is 1.74 bits per heavy atom. The van der Waals surface area contributed by atoms with Gasteiger partial charge in [-0.15, -0.1) is 0 Å². The lowest BCUT2D eigenvalue weighted by Gasteiger charge is -2.21. The predicted molar refractivity (Wildman–Crippen MR) is 121 cm³/mol. The highest BCUT2D eigenvalue weighted by Crippen LogP contribution is 2.27. The van der Waals surface area contributed by atoms with Gasteiger partial charge in [-0.25, -0.2) is 9.79 Å². The monoisotopic (exact) mass is 414 g/mol. The summed E-state index contributed by atoms with van der Waals surface area (Å²) in [6.45, 7) is 0. The topological polar surface area (TPSA) is 83.0 Å². The van der Waals surface area contributed by atoms with Crippen molar-refractivity contribution in [2.75, 3.05) is 24.4 Å². The van der Waals surface area contributed by atoms with Crippen molar-refractivity contribution in [2.24, 2.45) is 4.99 Å². The molecule has 3 aromatic carbocycles. The van der Waals surface area contributed by atoms with E-state index in [0.29, 0.717) is 17.1 Å². The molecular formula is C24H22N4O3. The van der Waals surface area contributed by atoms with Gasteiger partial charge in [0.25, 0.3) is 5.91 Å². The second-order valence-corrected chi connectivity index (χ2v) is 6.99. The number of anilines is 2. The third-order valence-electron chi connectivity index (χ3n) is 4.99. The molecule has 7 nitrogen and oxygen atoms in total. The van der Waals surface area contributed by atoms with Crippen LogP contribution in [0.25, 0.3) is 0 Å². The molecule has 3 amide bonds. The summed E-state index contributed by atoms with van der Waals surface area (Å²) in [6, 6.07) is 23.6. The summed E-state index contributed by atoms with van der Waals surface area (Å²) >= 11 is 0. The highest BCUT2D eigenvalue weighted by molar-refractivity contribution is 6.20. The molecule has 1 atom stereocenters. The number of amides is 3. The molecule has 0 aromatic heterocycles. The van der Waals surface area contributed by atoms with Crippen molar-refractivity contribution >= 4 is 29.0 Å². The minimum Gasteiger partial charge on any atom is -0.497 e. The Morgan fingerprint density at radius 3 is 2.52 bits per heavy atom. The summed E-state index contributed by atoms with van der Waals surface area (Å²) in [5.74, 6) is 0.280. The van der Waals surface area contributed by atoms with Crippen LogP contribution in [0.3, 0.4) is 0 Å². The SMILES string of the molecule is COc1cccc(NC(=O)N[C@@H]2N=C(c3ccccc3)c3ccccc3N(C)C2=O)c1. The molecule has 0 unspecified atom stereocenters. The first-order valence-corrected chi connectivity index (χ1v) is 9.78. The average molecular weight is 414 g/mol. The zero-order chi connectivity index (χ0) is 21.8.